The summed E-state index contributed by atoms with van der Waals surface area (Å²) < 4.78 is 0. The Balaban J connectivity index is 1.77. The van der Waals surface area contributed by atoms with Crippen LogP contribution in [-0.2, 0) is 0 Å². The van der Waals surface area contributed by atoms with E-state index in [1.807, 2.05) is 0 Å². The van der Waals surface area contributed by atoms with E-state index in [1.165, 1.54) is 38.7 Å². The van der Waals surface area contributed by atoms with Crippen molar-refractivity contribution in [3.63, 3.8) is 0 Å². The Hall–Kier alpha value is -3.14. The van der Waals surface area contributed by atoms with Gasteiger partial charge in [0, 0.05) is 16.6 Å². The maximum Gasteiger partial charge on any atom is 0.307 e. The average Bonchev–Trinajstić information content (AvgIpc) is 3.00. The highest BCUT2D eigenvalue weighted by Gasteiger charge is 2.49. The Morgan fingerprint density at radius 3 is 1.91 bits per heavy atom. The first-order valence-corrected chi connectivity index (χ1v) is 12.0. The number of fused-ring (bicyclic) bond motifs is 2. The van der Waals surface area contributed by atoms with Gasteiger partial charge in [-0.1, -0.05) is 87.7 Å². The number of benzene rings is 3. The van der Waals surface area contributed by atoms with Crippen molar-refractivity contribution in [1.29, 1.82) is 0 Å². The van der Waals surface area contributed by atoms with Crippen LogP contribution < -0.4 is 20.3 Å². The van der Waals surface area contributed by atoms with E-state index in [-0.39, 0.29) is 17.9 Å². The number of rotatable bonds is 2. The fraction of sp³-hybridized carbons (Fsp3) is 0.310. The predicted molar refractivity (Wildman–Crippen MR) is 143 cm³/mol. The van der Waals surface area contributed by atoms with Crippen LogP contribution in [0.5, 0.6) is 0 Å². The zero-order valence-electron chi connectivity index (χ0n) is 20.9. The van der Waals surface area contributed by atoms with Gasteiger partial charge >= 0.3 is 6.85 Å². The predicted octanol–water partition coefficient (Wildman–Crippen LogP) is 5.80. The minimum atomic E-state index is -0.296. The van der Waals surface area contributed by atoms with Crippen LogP contribution in [0.15, 0.2) is 78.9 Å². The molecule has 0 spiro atoms. The lowest BCUT2D eigenvalue weighted by Crippen LogP contribution is -2.65. The van der Waals surface area contributed by atoms with Crippen molar-refractivity contribution in [2.45, 2.75) is 54.0 Å². The van der Waals surface area contributed by atoms with Crippen LogP contribution in [0.25, 0.3) is 11.2 Å². The fourth-order valence-electron chi connectivity index (χ4n) is 6.08. The molecule has 168 valence electrons. The van der Waals surface area contributed by atoms with Crippen LogP contribution >= 0.6 is 0 Å². The van der Waals surface area contributed by atoms with Crippen molar-refractivity contribution in [3.05, 3.63) is 89.3 Å². The Labute approximate surface area is 198 Å². The van der Waals surface area contributed by atoms with E-state index in [0.29, 0.717) is 0 Å². The van der Waals surface area contributed by atoms with Crippen LogP contribution in [0.4, 0.5) is 17.1 Å². The Kier molecular flexibility index (Phi) is 4.90. The highest BCUT2D eigenvalue weighted by molar-refractivity contribution is 6.75. The summed E-state index contributed by atoms with van der Waals surface area (Å²) in [6, 6.07) is 28.5. The molecule has 3 aromatic rings. The molecule has 0 radical (unpaired) electrons. The molecular weight excluding hydrogens is 401 g/mol. The Bertz CT molecular complexity index is 1320. The van der Waals surface area contributed by atoms with Gasteiger partial charge < -0.3 is 9.82 Å². The molecule has 0 aromatic heterocycles. The highest BCUT2D eigenvalue weighted by atomic mass is 15.7. The molecule has 3 nitrogen and oxygen atoms in total. The van der Waals surface area contributed by atoms with Crippen LogP contribution in [0, 0.1) is 5.41 Å². The minimum absolute atomic E-state index is 0.0526. The monoisotopic (exact) mass is 435 g/mol. The van der Waals surface area contributed by atoms with Gasteiger partial charge in [0.2, 0.25) is 0 Å². The SMILES string of the molecule is CB1C(C(C)(C)C)=c2ccccc2=C(C)N1N1c2ccccc2N(c2ccccc2)C1(C)C. The molecule has 0 N–H and O–H groups in total. The zero-order valence-corrected chi connectivity index (χ0v) is 20.9. The summed E-state index contributed by atoms with van der Waals surface area (Å²) in [5.41, 5.74) is 6.22. The van der Waals surface area contributed by atoms with Gasteiger partial charge in [-0.2, -0.15) is 0 Å². The molecule has 0 saturated heterocycles. The van der Waals surface area contributed by atoms with Crippen molar-refractivity contribution in [1.82, 2.24) is 4.92 Å². The molecule has 2 aliphatic rings. The van der Waals surface area contributed by atoms with Crippen molar-refractivity contribution >= 4 is 35.1 Å². The van der Waals surface area contributed by atoms with Gasteiger partial charge in [0.1, 0.15) is 5.66 Å². The lowest BCUT2D eigenvalue weighted by molar-refractivity contribution is 0.375. The topological polar surface area (TPSA) is 9.72 Å². The molecule has 0 fully saturated rings. The summed E-state index contributed by atoms with van der Waals surface area (Å²) in [5.74, 6) is 0. The number of nitrogens with zero attached hydrogens (tertiary/aromatic N) is 3. The largest absolute Gasteiger partial charge is 0.326 e. The van der Waals surface area contributed by atoms with Crippen LogP contribution in [0.3, 0.4) is 0 Å². The summed E-state index contributed by atoms with van der Waals surface area (Å²) >= 11 is 0. The first-order valence-electron chi connectivity index (χ1n) is 12.0. The van der Waals surface area contributed by atoms with E-state index in [9.17, 15) is 0 Å². The molecule has 33 heavy (non-hydrogen) atoms. The zero-order chi connectivity index (χ0) is 23.5. The molecule has 3 aromatic carbocycles. The number of hydrogen-bond donors (Lipinski definition) is 0. The summed E-state index contributed by atoms with van der Waals surface area (Å²) in [4.78, 5) is 5.02. The molecule has 4 heteroatoms. The van der Waals surface area contributed by atoms with Crippen molar-refractivity contribution in [2.24, 2.45) is 5.41 Å². The standard InChI is InChI=1S/C29H34BN3/c1-21-23-17-11-12-18-24(23)27(28(2,3)4)30(7)33(21)32-26-20-14-13-19-25(26)31(29(32,5)6)22-15-9-8-10-16-22/h8-20H,1-7H3. The molecule has 0 atom stereocenters. The average molecular weight is 435 g/mol. The third-order valence-electron chi connectivity index (χ3n) is 7.19. The van der Waals surface area contributed by atoms with Crippen LogP contribution in [0.1, 0.15) is 41.5 Å². The number of para-hydroxylation sites is 3. The highest BCUT2D eigenvalue weighted by Crippen LogP contribution is 2.51. The van der Waals surface area contributed by atoms with Gasteiger partial charge in [-0.25, -0.2) is 0 Å². The lowest BCUT2D eigenvalue weighted by atomic mass is 9.48. The third kappa shape index (κ3) is 3.19. The maximum absolute atomic E-state index is 2.55. The molecule has 2 aliphatic heterocycles. The van der Waals surface area contributed by atoms with E-state index in [0.717, 1.165) is 0 Å². The van der Waals surface area contributed by atoms with Crippen LogP contribution in [-0.4, -0.2) is 17.4 Å². The number of anilines is 3. The second-order valence-corrected chi connectivity index (χ2v) is 10.8. The van der Waals surface area contributed by atoms with E-state index in [2.05, 4.69) is 142 Å². The number of hydrazine groups is 1. The second-order valence-electron chi connectivity index (χ2n) is 10.8. The van der Waals surface area contributed by atoms with Gasteiger partial charge in [0.15, 0.2) is 0 Å². The molecule has 0 aliphatic carbocycles. The van der Waals surface area contributed by atoms with Crippen molar-refractivity contribution < 1.29 is 0 Å². The first-order chi connectivity index (χ1) is 15.6. The van der Waals surface area contributed by atoms with Gasteiger partial charge in [-0.15, -0.1) is 0 Å². The molecular formula is C29H34BN3. The van der Waals surface area contributed by atoms with Crippen LogP contribution in [0.2, 0.25) is 6.82 Å². The second kappa shape index (κ2) is 7.45. The Morgan fingerprint density at radius 1 is 0.727 bits per heavy atom. The molecule has 0 saturated carbocycles. The maximum atomic E-state index is 2.55. The van der Waals surface area contributed by atoms with E-state index >= 15 is 0 Å². The van der Waals surface area contributed by atoms with Crippen molar-refractivity contribution in [3.8, 4) is 0 Å². The van der Waals surface area contributed by atoms with E-state index in [1.54, 1.807) is 0 Å². The van der Waals surface area contributed by atoms with Gasteiger partial charge in [0.05, 0.1) is 11.4 Å². The summed E-state index contributed by atoms with van der Waals surface area (Å²) in [6.45, 7) is 16.6. The quantitative estimate of drug-likeness (QED) is 0.472. The molecule has 0 unspecified atom stereocenters. The normalized spacial score (nSPS) is 17.4. The smallest absolute Gasteiger partial charge is 0.307 e. The van der Waals surface area contributed by atoms with E-state index in [4.69, 9.17) is 0 Å². The molecule has 0 amide bonds. The lowest BCUT2D eigenvalue weighted by Gasteiger charge is -2.51. The summed E-state index contributed by atoms with van der Waals surface area (Å²) in [6.07, 6.45) is 0. The first kappa shape index (κ1) is 21.7. The Morgan fingerprint density at radius 2 is 1.27 bits per heavy atom. The minimum Gasteiger partial charge on any atom is -0.326 e. The summed E-state index contributed by atoms with van der Waals surface area (Å²) in [5, 5.41) is 5.24. The van der Waals surface area contributed by atoms with Gasteiger partial charge in [-0.05, 0) is 55.7 Å². The van der Waals surface area contributed by atoms with E-state index < -0.39 is 0 Å². The summed E-state index contributed by atoms with van der Waals surface area (Å²) in [7, 11) is 0. The van der Waals surface area contributed by atoms with Gasteiger partial charge in [-0.3, -0.25) is 5.01 Å². The molecule has 2 heterocycles. The fourth-order valence-corrected chi connectivity index (χ4v) is 6.08. The van der Waals surface area contributed by atoms with Crippen molar-refractivity contribution in [2.75, 3.05) is 9.91 Å². The van der Waals surface area contributed by atoms with Gasteiger partial charge in [0.25, 0.3) is 0 Å². The molecule has 5 rings (SSSR count). The molecule has 0 bridgehead atoms. The third-order valence-corrected chi connectivity index (χ3v) is 7.19. The number of hydrogen-bond acceptors (Lipinski definition) is 3.